The molecule has 0 radical (unpaired) electrons. The van der Waals surface area contributed by atoms with E-state index in [1.54, 1.807) is 6.07 Å². The maximum absolute atomic E-state index is 13.8. The number of carbonyl (C=O) groups excluding carboxylic acids is 1. The van der Waals surface area contributed by atoms with Gasteiger partial charge in [-0.2, -0.15) is 13.2 Å². The standard InChI is InChI=1S/C19H17Br2F4NO3/c1-17(2,14-8-12(22)3-4-15(14)27)9-18(29,19(23,24)25)16(28)26-13-6-10(20)5-11(21)7-13/h3-8,27,29H,9H2,1-2H3,(H,26,28). The summed E-state index contributed by atoms with van der Waals surface area (Å²) in [4.78, 5) is 12.5. The summed E-state index contributed by atoms with van der Waals surface area (Å²) in [5.41, 5.74) is -5.56. The predicted molar refractivity (Wildman–Crippen MR) is 107 cm³/mol. The maximum atomic E-state index is 13.8. The highest BCUT2D eigenvalue weighted by atomic mass is 79.9. The zero-order valence-corrected chi connectivity index (χ0v) is 18.4. The molecule has 1 atom stereocenters. The van der Waals surface area contributed by atoms with Gasteiger partial charge in [-0.15, -0.1) is 0 Å². The summed E-state index contributed by atoms with van der Waals surface area (Å²) in [6.07, 6.45) is -6.48. The Morgan fingerprint density at radius 1 is 1.07 bits per heavy atom. The van der Waals surface area contributed by atoms with Gasteiger partial charge in [-0.25, -0.2) is 4.39 Å². The number of hydrogen-bond donors (Lipinski definition) is 3. The number of carbonyl (C=O) groups is 1. The second kappa shape index (κ2) is 8.23. The number of halogens is 6. The van der Waals surface area contributed by atoms with Crippen LogP contribution in [0.2, 0.25) is 0 Å². The number of rotatable bonds is 5. The van der Waals surface area contributed by atoms with Gasteiger partial charge in [0.15, 0.2) is 0 Å². The highest BCUT2D eigenvalue weighted by Gasteiger charge is 2.61. The molecule has 0 spiro atoms. The van der Waals surface area contributed by atoms with Crippen molar-refractivity contribution in [1.82, 2.24) is 0 Å². The number of alkyl halides is 3. The van der Waals surface area contributed by atoms with Crippen molar-refractivity contribution in [3.8, 4) is 5.75 Å². The first kappa shape index (κ1) is 23.6. The summed E-state index contributed by atoms with van der Waals surface area (Å²) in [7, 11) is 0. The minimum absolute atomic E-state index is 0.0188. The van der Waals surface area contributed by atoms with Gasteiger partial charge in [0.05, 0.1) is 0 Å². The molecular formula is C19H17Br2F4NO3. The third kappa shape index (κ3) is 5.29. The van der Waals surface area contributed by atoms with Gasteiger partial charge in [0, 0.05) is 26.6 Å². The fourth-order valence-corrected chi connectivity index (χ4v) is 4.25. The molecule has 3 N–H and O–H groups in total. The average Bonchev–Trinajstić information content (AvgIpc) is 2.54. The lowest BCUT2D eigenvalue weighted by Gasteiger charge is -2.37. The molecule has 10 heteroatoms. The van der Waals surface area contributed by atoms with Crippen molar-refractivity contribution in [2.24, 2.45) is 0 Å². The number of phenolic OH excluding ortho intramolecular Hbond substituents is 1. The van der Waals surface area contributed by atoms with Crippen LogP contribution in [0.5, 0.6) is 5.75 Å². The Bertz CT molecular complexity index is 914. The zero-order chi connectivity index (χ0) is 22.2. The molecule has 29 heavy (non-hydrogen) atoms. The fourth-order valence-electron chi connectivity index (χ4n) is 2.95. The summed E-state index contributed by atoms with van der Waals surface area (Å²) in [5, 5.41) is 22.5. The molecule has 1 unspecified atom stereocenters. The maximum Gasteiger partial charge on any atom is 0.426 e. The van der Waals surface area contributed by atoms with E-state index in [1.807, 2.05) is 0 Å². The Morgan fingerprint density at radius 2 is 1.62 bits per heavy atom. The lowest BCUT2D eigenvalue weighted by atomic mass is 9.74. The van der Waals surface area contributed by atoms with Gasteiger partial charge in [0.2, 0.25) is 5.60 Å². The highest BCUT2D eigenvalue weighted by Crippen LogP contribution is 2.44. The van der Waals surface area contributed by atoms with Crippen molar-refractivity contribution in [2.75, 3.05) is 5.32 Å². The molecule has 2 aromatic rings. The molecule has 4 nitrogen and oxygen atoms in total. The summed E-state index contributed by atoms with van der Waals surface area (Å²) in [6.45, 7) is 2.53. The van der Waals surface area contributed by atoms with E-state index in [4.69, 9.17) is 0 Å². The molecule has 0 fully saturated rings. The lowest BCUT2D eigenvalue weighted by Crippen LogP contribution is -2.57. The van der Waals surface area contributed by atoms with Crippen LogP contribution >= 0.6 is 31.9 Å². The van der Waals surface area contributed by atoms with Crippen LogP contribution in [0, 0.1) is 5.82 Å². The molecule has 2 rings (SSSR count). The molecule has 1 amide bonds. The minimum Gasteiger partial charge on any atom is -0.508 e. The Balaban J connectivity index is 2.43. The summed E-state index contributed by atoms with van der Waals surface area (Å²) < 4.78 is 55.9. The van der Waals surface area contributed by atoms with E-state index < -0.39 is 41.1 Å². The second-order valence-corrected chi connectivity index (χ2v) is 9.02. The third-order valence-corrected chi connectivity index (χ3v) is 5.27. The molecule has 158 valence electrons. The van der Waals surface area contributed by atoms with Crippen LogP contribution in [0.15, 0.2) is 45.3 Å². The van der Waals surface area contributed by atoms with Crippen molar-refractivity contribution in [2.45, 2.75) is 37.5 Å². The molecular weight excluding hydrogens is 526 g/mol. The van der Waals surface area contributed by atoms with E-state index >= 15 is 0 Å². The largest absolute Gasteiger partial charge is 0.508 e. The monoisotopic (exact) mass is 541 g/mol. The summed E-state index contributed by atoms with van der Waals surface area (Å²) in [6, 6.07) is 7.16. The number of anilines is 1. The number of phenols is 1. The number of benzene rings is 2. The van der Waals surface area contributed by atoms with E-state index in [0.717, 1.165) is 18.2 Å². The van der Waals surface area contributed by atoms with E-state index in [2.05, 4.69) is 37.2 Å². The first-order valence-electron chi connectivity index (χ1n) is 8.21. The number of nitrogens with one attached hydrogen (secondary N) is 1. The Hall–Kier alpha value is -1.65. The SMILES string of the molecule is CC(C)(CC(O)(C(=O)Nc1cc(Br)cc(Br)c1)C(F)(F)F)c1cc(F)ccc1O. The van der Waals surface area contributed by atoms with Crippen LogP contribution in [0.3, 0.4) is 0 Å². The van der Waals surface area contributed by atoms with Crippen molar-refractivity contribution in [3.63, 3.8) is 0 Å². The zero-order valence-electron chi connectivity index (χ0n) is 15.2. The van der Waals surface area contributed by atoms with Crippen molar-refractivity contribution in [3.05, 3.63) is 56.7 Å². The van der Waals surface area contributed by atoms with Gasteiger partial charge in [-0.3, -0.25) is 4.79 Å². The van der Waals surface area contributed by atoms with Crippen LogP contribution in [-0.4, -0.2) is 27.9 Å². The van der Waals surface area contributed by atoms with Gasteiger partial charge in [0.25, 0.3) is 5.91 Å². The Labute approximate surface area is 181 Å². The highest BCUT2D eigenvalue weighted by molar-refractivity contribution is 9.11. The fraction of sp³-hybridized carbons (Fsp3) is 0.316. The average molecular weight is 543 g/mol. The van der Waals surface area contributed by atoms with Crippen molar-refractivity contribution >= 4 is 43.5 Å². The van der Waals surface area contributed by atoms with Gasteiger partial charge in [-0.1, -0.05) is 45.7 Å². The normalized spacial score (nSPS) is 14.4. The second-order valence-electron chi connectivity index (χ2n) is 7.19. The van der Waals surface area contributed by atoms with Gasteiger partial charge in [0.1, 0.15) is 11.6 Å². The van der Waals surface area contributed by atoms with Crippen LogP contribution < -0.4 is 5.32 Å². The molecule has 0 heterocycles. The lowest BCUT2D eigenvalue weighted by molar-refractivity contribution is -0.254. The number of aliphatic hydroxyl groups is 1. The number of amides is 1. The molecule has 0 saturated carbocycles. The quantitative estimate of drug-likeness (QED) is 0.427. The molecule has 0 aliphatic heterocycles. The Morgan fingerprint density at radius 3 is 2.14 bits per heavy atom. The van der Waals surface area contributed by atoms with Gasteiger partial charge in [-0.05, 0) is 41.8 Å². The third-order valence-electron chi connectivity index (χ3n) is 4.35. The van der Waals surface area contributed by atoms with E-state index in [1.165, 1.54) is 26.0 Å². The van der Waals surface area contributed by atoms with Gasteiger partial charge < -0.3 is 15.5 Å². The van der Waals surface area contributed by atoms with Crippen molar-refractivity contribution < 1.29 is 32.6 Å². The molecule has 0 aliphatic carbocycles. The molecule has 0 saturated heterocycles. The molecule has 2 aromatic carbocycles. The Kier molecular flexibility index (Phi) is 6.71. The topological polar surface area (TPSA) is 69.6 Å². The predicted octanol–water partition coefficient (Wildman–Crippen LogP) is 5.66. The van der Waals surface area contributed by atoms with Crippen molar-refractivity contribution in [1.29, 1.82) is 0 Å². The first-order valence-corrected chi connectivity index (χ1v) is 9.80. The number of hydrogen-bond acceptors (Lipinski definition) is 3. The summed E-state index contributed by atoms with van der Waals surface area (Å²) in [5.74, 6) is -2.92. The van der Waals surface area contributed by atoms with Crippen LogP contribution in [0.4, 0.5) is 23.2 Å². The van der Waals surface area contributed by atoms with Crippen LogP contribution in [0.25, 0.3) is 0 Å². The van der Waals surface area contributed by atoms with Crippen LogP contribution in [0.1, 0.15) is 25.8 Å². The molecule has 0 aromatic heterocycles. The molecule has 0 bridgehead atoms. The van der Waals surface area contributed by atoms with Gasteiger partial charge >= 0.3 is 6.18 Å². The number of aromatic hydroxyl groups is 1. The van der Waals surface area contributed by atoms with Crippen LogP contribution in [-0.2, 0) is 10.2 Å². The minimum atomic E-state index is -5.33. The van der Waals surface area contributed by atoms with E-state index in [9.17, 15) is 32.6 Å². The van der Waals surface area contributed by atoms with E-state index in [0.29, 0.717) is 8.95 Å². The smallest absolute Gasteiger partial charge is 0.426 e. The summed E-state index contributed by atoms with van der Waals surface area (Å²) >= 11 is 6.32. The first-order chi connectivity index (χ1) is 13.2. The van der Waals surface area contributed by atoms with E-state index in [-0.39, 0.29) is 11.3 Å². The molecule has 0 aliphatic rings.